The first kappa shape index (κ1) is 22.3. The van der Waals surface area contributed by atoms with Gasteiger partial charge in [0.1, 0.15) is 0 Å². The molecule has 2 aliphatic heterocycles. The molecule has 0 aromatic heterocycles. The highest BCUT2D eigenvalue weighted by Gasteiger charge is 2.50. The van der Waals surface area contributed by atoms with Crippen molar-refractivity contribution in [3.05, 3.63) is 35.4 Å². The zero-order valence-electron chi connectivity index (χ0n) is 17.8. The van der Waals surface area contributed by atoms with E-state index in [9.17, 15) is 9.59 Å². The minimum atomic E-state index is -0.250. The second-order valence-corrected chi connectivity index (χ2v) is 8.57. The summed E-state index contributed by atoms with van der Waals surface area (Å²) in [7, 11) is 1.44. The Labute approximate surface area is 178 Å². The van der Waals surface area contributed by atoms with Crippen molar-refractivity contribution < 1.29 is 24.2 Å². The highest BCUT2D eigenvalue weighted by atomic mass is 16.5. The number of nitrogens with zero attached hydrogens (tertiary/aromatic N) is 2. The predicted octanol–water partition coefficient (Wildman–Crippen LogP) is 2.49. The van der Waals surface area contributed by atoms with Crippen LogP contribution in [-0.4, -0.2) is 66.5 Å². The molecule has 2 saturated heterocycles. The fourth-order valence-corrected chi connectivity index (χ4v) is 5.46. The number of rotatable bonds is 4. The minimum Gasteiger partial charge on any atom is -0.483 e. The van der Waals surface area contributed by atoms with Crippen molar-refractivity contribution in [2.24, 2.45) is 17.8 Å². The zero-order valence-corrected chi connectivity index (χ0v) is 17.8. The predicted molar refractivity (Wildman–Crippen MR) is 112 cm³/mol. The van der Waals surface area contributed by atoms with Crippen LogP contribution < -0.4 is 0 Å². The minimum absolute atomic E-state index is 0.131. The summed E-state index contributed by atoms with van der Waals surface area (Å²) < 4.78 is 4.85. The third-order valence-corrected chi connectivity index (χ3v) is 6.81. The van der Waals surface area contributed by atoms with E-state index in [4.69, 9.17) is 14.6 Å². The third-order valence-electron chi connectivity index (χ3n) is 6.81. The number of benzene rings is 1. The zero-order chi connectivity index (χ0) is 21.7. The van der Waals surface area contributed by atoms with E-state index in [0.29, 0.717) is 24.3 Å². The molecular weight excluding hydrogens is 384 g/mol. The number of fused-ring (bicyclic) bond motifs is 1. The summed E-state index contributed by atoms with van der Waals surface area (Å²) in [4.78, 5) is 37.8. The fourth-order valence-electron chi connectivity index (χ4n) is 5.46. The van der Waals surface area contributed by atoms with Crippen LogP contribution in [-0.2, 0) is 19.1 Å². The smallest absolute Gasteiger partial charge is 0.319 e. The average Bonchev–Trinajstić information content (AvgIpc) is 3.45. The quantitative estimate of drug-likeness (QED) is 0.599. The van der Waals surface area contributed by atoms with Gasteiger partial charge in [-0.05, 0) is 36.8 Å². The van der Waals surface area contributed by atoms with Crippen molar-refractivity contribution in [3.8, 4) is 0 Å². The first-order chi connectivity index (χ1) is 14.5. The molecule has 0 unspecified atom stereocenters. The average molecular weight is 417 g/mol. The second-order valence-electron chi connectivity index (χ2n) is 8.57. The number of hydrogen-bond acceptors (Lipinski definition) is 5. The van der Waals surface area contributed by atoms with Gasteiger partial charge in [-0.1, -0.05) is 37.1 Å². The number of ether oxygens (including phenoxy) is 1. The summed E-state index contributed by atoms with van der Waals surface area (Å²) in [6.45, 7) is 4.78. The van der Waals surface area contributed by atoms with Crippen LogP contribution in [0, 0.1) is 24.7 Å². The number of aryl methyl sites for hydroxylation is 1. The van der Waals surface area contributed by atoms with Gasteiger partial charge < -0.3 is 14.7 Å². The van der Waals surface area contributed by atoms with Gasteiger partial charge in [0.2, 0.25) is 5.91 Å². The van der Waals surface area contributed by atoms with E-state index >= 15 is 0 Å². The number of esters is 1. The summed E-state index contributed by atoms with van der Waals surface area (Å²) in [6.07, 6.45) is 4.44. The van der Waals surface area contributed by atoms with E-state index in [-0.39, 0.29) is 24.4 Å². The molecule has 2 heterocycles. The van der Waals surface area contributed by atoms with Gasteiger partial charge in [0, 0.05) is 31.5 Å². The maximum Gasteiger partial charge on any atom is 0.319 e. The largest absolute Gasteiger partial charge is 0.483 e. The molecule has 7 nitrogen and oxygen atoms in total. The summed E-state index contributed by atoms with van der Waals surface area (Å²) in [6, 6.07) is 8.59. The lowest BCUT2D eigenvalue weighted by atomic mass is 9.87. The molecule has 1 aromatic carbocycles. The first-order valence-corrected chi connectivity index (χ1v) is 10.7. The van der Waals surface area contributed by atoms with Crippen molar-refractivity contribution in [1.82, 2.24) is 9.80 Å². The highest BCUT2D eigenvalue weighted by molar-refractivity contribution is 5.80. The molecule has 30 heavy (non-hydrogen) atoms. The Kier molecular flexibility index (Phi) is 7.48. The molecule has 3 fully saturated rings. The van der Waals surface area contributed by atoms with Gasteiger partial charge in [-0.25, -0.2) is 0 Å². The number of hydrogen-bond donors (Lipinski definition) is 1. The maximum atomic E-state index is 13.3. The normalized spacial score (nSPS) is 26.1. The molecule has 1 amide bonds. The molecule has 0 bridgehead atoms. The van der Waals surface area contributed by atoms with Gasteiger partial charge in [-0.3, -0.25) is 19.3 Å². The standard InChI is InChI=1S/C22H30N2O3.CH2O2/c1-15-7-3-6-10-18(15)21-19-13-23(14-20(25)27-2)11-17(19)12-24(21)22(26)16-8-4-5-9-16;2-1-3/h3,6-7,10,16-17,19,21H,4-5,8-9,11-14H2,1-2H3;1H,(H,2,3)/t17-,19-,21+;/m0./s1. The number of carbonyl (C=O) groups is 3. The third kappa shape index (κ3) is 4.67. The summed E-state index contributed by atoms with van der Waals surface area (Å²) in [5, 5.41) is 6.89. The van der Waals surface area contributed by atoms with Crippen LogP contribution in [0.25, 0.3) is 0 Å². The van der Waals surface area contributed by atoms with Crippen LogP contribution in [0.15, 0.2) is 24.3 Å². The van der Waals surface area contributed by atoms with Crippen LogP contribution in [0.5, 0.6) is 0 Å². The van der Waals surface area contributed by atoms with Crippen molar-refractivity contribution in [1.29, 1.82) is 0 Å². The van der Waals surface area contributed by atoms with Crippen LogP contribution in [0.1, 0.15) is 42.9 Å². The molecule has 1 aliphatic carbocycles. The monoisotopic (exact) mass is 416 g/mol. The molecule has 4 rings (SSSR count). The van der Waals surface area contributed by atoms with Crippen LogP contribution in [0.3, 0.4) is 0 Å². The molecule has 1 aromatic rings. The Bertz CT molecular complexity index is 762. The number of carboxylic acid groups (broad SMARTS) is 1. The molecule has 3 atom stereocenters. The lowest BCUT2D eigenvalue weighted by molar-refractivity contribution is -0.142. The van der Waals surface area contributed by atoms with E-state index in [1.165, 1.54) is 31.1 Å². The van der Waals surface area contributed by atoms with Crippen molar-refractivity contribution in [2.75, 3.05) is 33.3 Å². The Morgan fingerprint density at radius 1 is 1.17 bits per heavy atom. The summed E-state index contributed by atoms with van der Waals surface area (Å²) in [5.74, 6) is 1.21. The second kappa shape index (κ2) is 10.1. The van der Waals surface area contributed by atoms with Crippen molar-refractivity contribution in [3.63, 3.8) is 0 Å². The molecule has 3 aliphatic rings. The number of methoxy groups -OCH3 is 1. The SMILES string of the molecule is COC(=O)CN1C[C@H]2CN(C(=O)C3CCCC3)[C@H](c3ccccc3C)[C@H]2C1.O=CO. The Balaban J connectivity index is 0.000000806. The molecule has 7 heteroatoms. The fraction of sp³-hybridized carbons (Fsp3) is 0.609. The number of likely N-dealkylation sites (tertiary alicyclic amines) is 2. The van der Waals surface area contributed by atoms with E-state index < -0.39 is 0 Å². The Hall–Kier alpha value is -2.41. The molecule has 1 N–H and O–H groups in total. The molecule has 1 saturated carbocycles. The lowest BCUT2D eigenvalue weighted by Crippen LogP contribution is -2.39. The molecule has 0 radical (unpaired) electrons. The molecule has 164 valence electrons. The highest BCUT2D eigenvalue weighted by Crippen LogP contribution is 2.47. The van der Waals surface area contributed by atoms with Crippen molar-refractivity contribution in [2.45, 2.75) is 38.6 Å². The number of carbonyl (C=O) groups excluding carboxylic acids is 2. The van der Waals surface area contributed by atoms with E-state index in [1.54, 1.807) is 0 Å². The Morgan fingerprint density at radius 2 is 1.83 bits per heavy atom. The van der Waals surface area contributed by atoms with Crippen LogP contribution in [0.4, 0.5) is 0 Å². The van der Waals surface area contributed by atoms with Crippen LogP contribution >= 0.6 is 0 Å². The van der Waals surface area contributed by atoms with Gasteiger partial charge in [0.05, 0.1) is 19.7 Å². The Morgan fingerprint density at radius 3 is 2.47 bits per heavy atom. The molecular formula is C23H32N2O5. The van der Waals surface area contributed by atoms with E-state index in [1.807, 2.05) is 0 Å². The maximum absolute atomic E-state index is 13.3. The van der Waals surface area contributed by atoms with Crippen LogP contribution in [0.2, 0.25) is 0 Å². The summed E-state index contributed by atoms with van der Waals surface area (Å²) in [5.41, 5.74) is 2.52. The van der Waals surface area contributed by atoms with Gasteiger partial charge >= 0.3 is 5.97 Å². The van der Waals surface area contributed by atoms with Gasteiger partial charge in [-0.15, -0.1) is 0 Å². The lowest BCUT2D eigenvalue weighted by Gasteiger charge is -2.32. The first-order valence-electron chi connectivity index (χ1n) is 10.7. The van der Waals surface area contributed by atoms with E-state index in [0.717, 1.165) is 32.5 Å². The van der Waals surface area contributed by atoms with E-state index in [2.05, 4.69) is 41.0 Å². The van der Waals surface area contributed by atoms with Gasteiger partial charge in [-0.2, -0.15) is 0 Å². The summed E-state index contributed by atoms with van der Waals surface area (Å²) >= 11 is 0. The molecule has 0 spiro atoms. The number of amides is 1. The van der Waals surface area contributed by atoms with Gasteiger partial charge in [0.15, 0.2) is 0 Å². The topological polar surface area (TPSA) is 87.2 Å². The van der Waals surface area contributed by atoms with Gasteiger partial charge in [0.25, 0.3) is 6.47 Å². The van der Waals surface area contributed by atoms with Crippen molar-refractivity contribution >= 4 is 18.3 Å².